The molecule has 0 aliphatic carbocycles. The van der Waals surface area contributed by atoms with Crippen molar-refractivity contribution < 1.29 is 0 Å². The minimum atomic E-state index is 0.439. The average Bonchev–Trinajstić information content (AvgIpc) is 2.79. The fraction of sp³-hybridized carbons (Fsp3) is 0.600. The Bertz CT molecular complexity index is 565. The van der Waals surface area contributed by atoms with Gasteiger partial charge in [0.1, 0.15) is 11.3 Å². The van der Waals surface area contributed by atoms with Crippen molar-refractivity contribution in [2.75, 3.05) is 20.1 Å². The standard InChI is InChI=1S/C15H22N4/c1-11(2)14-17-13-5-4-8-16-15(13)19(14)12-6-9-18(3)10-7-12/h4-5,8,11-12H,6-7,9-10H2,1-3H3. The molecule has 3 rings (SSSR count). The van der Waals surface area contributed by atoms with Gasteiger partial charge in [0.2, 0.25) is 0 Å². The molecule has 0 N–H and O–H groups in total. The largest absolute Gasteiger partial charge is 0.309 e. The van der Waals surface area contributed by atoms with Crippen molar-refractivity contribution >= 4 is 11.2 Å². The molecule has 1 aliphatic rings. The van der Waals surface area contributed by atoms with E-state index in [1.54, 1.807) is 0 Å². The van der Waals surface area contributed by atoms with Crippen LogP contribution >= 0.6 is 0 Å². The molecule has 4 nitrogen and oxygen atoms in total. The third-order valence-electron chi connectivity index (χ3n) is 4.05. The van der Waals surface area contributed by atoms with Gasteiger partial charge in [-0.3, -0.25) is 0 Å². The van der Waals surface area contributed by atoms with Crippen molar-refractivity contribution in [3.8, 4) is 0 Å². The van der Waals surface area contributed by atoms with Crippen LogP contribution in [0.1, 0.15) is 44.5 Å². The molecule has 0 spiro atoms. The van der Waals surface area contributed by atoms with Gasteiger partial charge >= 0.3 is 0 Å². The summed E-state index contributed by atoms with van der Waals surface area (Å²) >= 11 is 0. The van der Waals surface area contributed by atoms with Gasteiger partial charge in [-0.1, -0.05) is 13.8 Å². The van der Waals surface area contributed by atoms with Crippen molar-refractivity contribution in [2.24, 2.45) is 0 Å². The van der Waals surface area contributed by atoms with E-state index < -0.39 is 0 Å². The molecular formula is C15H22N4. The number of nitrogens with zero attached hydrogens (tertiary/aromatic N) is 4. The summed E-state index contributed by atoms with van der Waals surface area (Å²) in [6, 6.07) is 4.59. The summed E-state index contributed by atoms with van der Waals surface area (Å²) in [5.74, 6) is 1.62. The van der Waals surface area contributed by atoms with Crippen molar-refractivity contribution in [3.63, 3.8) is 0 Å². The normalized spacial score (nSPS) is 18.5. The van der Waals surface area contributed by atoms with E-state index in [0.717, 1.165) is 24.3 Å². The number of rotatable bonds is 2. The first kappa shape index (κ1) is 12.6. The predicted molar refractivity (Wildman–Crippen MR) is 77.4 cm³/mol. The van der Waals surface area contributed by atoms with Crippen molar-refractivity contribution in [1.82, 2.24) is 19.4 Å². The van der Waals surface area contributed by atoms with Crippen LogP contribution < -0.4 is 0 Å². The van der Waals surface area contributed by atoms with Gasteiger partial charge in [-0.25, -0.2) is 9.97 Å². The van der Waals surface area contributed by atoms with E-state index in [4.69, 9.17) is 4.98 Å². The lowest BCUT2D eigenvalue weighted by atomic mass is 10.0. The van der Waals surface area contributed by atoms with Crippen LogP contribution in [0.25, 0.3) is 11.2 Å². The summed E-state index contributed by atoms with van der Waals surface area (Å²) in [4.78, 5) is 11.8. The van der Waals surface area contributed by atoms with Gasteiger partial charge in [-0.2, -0.15) is 0 Å². The maximum atomic E-state index is 4.79. The molecule has 4 heteroatoms. The van der Waals surface area contributed by atoms with Gasteiger partial charge in [-0.05, 0) is 45.1 Å². The maximum absolute atomic E-state index is 4.79. The SMILES string of the molecule is CC(C)c1nc2cccnc2n1C1CCN(C)CC1. The number of hydrogen-bond acceptors (Lipinski definition) is 3. The zero-order chi connectivity index (χ0) is 13.4. The number of aromatic nitrogens is 3. The molecule has 0 saturated carbocycles. The summed E-state index contributed by atoms with van der Waals surface area (Å²) < 4.78 is 2.40. The molecule has 102 valence electrons. The second-order valence-electron chi connectivity index (χ2n) is 5.88. The van der Waals surface area contributed by atoms with Crippen LogP contribution in [-0.2, 0) is 0 Å². The van der Waals surface area contributed by atoms with Crippen LogP contribution in [0.3, 0.4) is 0 Å². The van der Waals surface area contributed by atoms with E-state index in [0.29, 0.717) is 12.0 Å². The van der Waals surface area contributed by atoms with E-state index >= 15 is 0 Å². The molecule has 2 aromatic rings. The number of likely N-dealkylation sites (tertiary alicyclic amines) is 1. The smallest absolute Gasteiger partial charge is 0.160 e. The van der Waals surface area contributed by atoms with Gasteiger partial charge in [0, 0.05) is 18.2 Å². The first-order valence-electron chi connectivity index (χ1n) is 7.18. The van der Waals surface area contributed by atoms with E-state index in [1.807, 2.05) is 12.3 Å². The highest BCUT2D eigenvalue weighted by Gasteiger charge is 2.24. The van der Waals surface area contributed by atoms with Gasteiger partial charge in [0.05, 0.1) is 0 Å². The first-order chi connectivity index (χ1) is 9.16. The van der Waals surface area contributed by atoms with Crippen LogP contribution in [0.2, 0.25) is 0 Å². The summed E-state index contributed by atoms with van der Waals surface area (Å²) in [6.07, 6.45) is 4.26. The molecule has 3 heterocycles. The highest BCUT2D eigenvalue weighted by Crippen LogP contribution is 2.30. The average molecular weight is 258 g/mol. The molecule has 0 atom stereocenters. The second-order valence-corrected chi connectivity index (χ2v) is 5.88. The zero-order valence-electron chi connectivity index (χ0n) is 12.0. The van der Waals surface area contributed by atoms with E-state index in [1.165, 1.54) is 18.7 Å². The quantitative estimate of drug-likeness (QED) is 0.830. The number of pyridine rings is 1. The Morgan fingerprint density at radius 3 is 2.68 bits per heavy atom. The van der Waals surface area contributed by atoms with Gasteiger partial charge in [0.25, 0.3) is 0 Å². The number of hydrogen-bond donors (Lipinski definition) is 0. The van der Waals surface area contributed by atoms with Crippen LogP contribution in [0.4, 0.5) is 0 Å². The Labute approximate surface area is 114 Å². The lowest BCUT2D eigenvalue weighted by molar-refractivity contribution is 0.220. The molecule has 1 aliphatic heterocycles. The van der Waals surface area contributed by atoms with Crippen LogP contribution in [-0.4, -0.2) is 39.6 Å². The Morgan fingerprint density at radius 1 is 1.26 bits per heavy atom. The Morgan fingerprint density at radius 2 is 2.00 bits per heavy atom. The lowest BCUT2D eigenvalue weighted by Gasteiger charge is -2.31. The molecule has 0 radical (unpaired) electrons. The molecule has 0 unspecified atom stereocenters. The summed E-state index contributed by atoms with van der Waals surface area (Å²) in [6.45, 7) is 6.75. The Hall–Kier alpha value is -1.42. The van der Waals surface area contributed by atoms with Crippen molar-refractivity contribution in [3.05, 3.63) is 24.2 Å². The summed E-state index contributed by atoms with van der Waals surface area (Å²) in [5, 5.41) is 0. The molecule has 2 aromatic heterocycles. The molecule has 0 bridgehead atoms. The van der Waals surface area contributed by atoms with Crippen molar-refractivity contribution in [2.45, 2.75) is 38.6 Å². The van der Waals surface area contributed by atoms with E-state index in [-0.39, 0.29) is 0 Å². The molecule has 1 saturated heterocycles. The zero-order valence-corrected chi connectivity index (χ0v) is 12.0. The third kappa shape index (κ3) is 2.25. The number of imidazole rings is 1. The fourth-order valence-electron chi connectivity index (χ4n) is 2.97. The fourth-order valence-corrected chi connectivity index (χ4v) is 2.97. The van der Waals surface area contributed by atoms with E-state index in [2.05, 4.69) is 41.4 Å². The minimum absolute atomic E-state index is 0.439. The maximum Gasteiger partial charge on any atom is 0.160 e. The van der Waals surface area contributed by atoms with Gasteiger partial charge in [0.15, 0.2) is 5.65 Å². The van der Waals surface area contributed by atoms with Crippen molar-refractivity contribution in [1.29, 1.82) is 0 Å². The summed E-state index contributed by atoms with van der Waals surface area (Å²) in [7, 11) is 2.20. The topological polar surface area (TPSA) is 34.0 Å². The third-order valence-corrected chi connectivity index (χ3v) is 4.05. The predicted octanol–water partition coefficient (Wildman–Crippen LogP) is 2.82. The summed E-state index contributed by atoms with van der Waals surface area (Å²) in [5.41, 5.74) is 2.09. The van der Waals surface area contributed by atoms with Gasteiger partial charge < -0.3 is 9.47 Å². The number of fused-ring (bicyclic) bond motifs is 1. The monoisotopic (exact) mass is 258 g/mol. The Kier molecular flexibility index (Phi) is 3.27. The highest BCUT2D eigenvalue weighted by atomic mass is 15.2. The Balaban J connectivity index is 2.07. The molecule has 19 heavy (non-hydrogen) atoms. The van der Waals surface area contributed by atoms with Crippen LogP contribution in [0.15, 0.2) is 18.3 Å². The van der Waals surface area contributed by atoms with Crippen LogP contribution in [0, 0.1) is 0 Å². The molecule has 1 fully saturated rings. The van der Waals surface area contributed by atoms with Crippen LogP contribution in [0.5, 0.6) is 0 Å². The lowest BCUT2D eigenvalue weighted by Crippen LogP contribution is -2.32. The highest BCUT2D eigenvalue weighted by molar-refractivity contribution is 5.71. The minimum Gasteiger partial charge on any atom is -0.309 e. The van der Waals surface area contributed by atoms with E-state index in [9.17, 15) is 0 Å². The first-order valence-corrected chi connectivity index (χ1v) is 7.18. The molecule has 0 amide bonds. The molecular weight excluding hydrogens is 236 g/mol. The van der Waals surface area contributed by atoms with Gasteiger partial charge in [-0.15, -0.1) is 0 Å². The molecule has 0 aromatic carbocycles. The second kappa shape index (κ2) is 4.93. The number of piperidine rings is 1.